The number of ether oxygens (including phenoxy) is 3. The van der Waals surface area contributed by atoms with Crippen LogP contribution in [0.15, 0.2) is 117 Å². The van der Waals surface area contributed by atoms with Crippen LogP contribution in [0, 0.1) is 0 Å². The average molecular weight is 1730 g/mol. The Bertz CT molecular complexity index is 5190. The van der Waals surface area contributed by atoms with E-state index in [0.29, 0.717) is 104 Å². The molecule has 112 heavy (non-hydrogen) atoms. The van der Waals surface area contributed by atoms with Gasteiger partial charge in [0, 0.05) is 0 Å². The van der Waals surface area contributed by atoms with E-state index in [-0.39, 0.29) is 214 Å². The van der Waals surface area contributed by atoms with Gasteiger partial charge in [-0.15, -0.1) is 0 Å². The number of hydrogen-bond donors (Lipinski definition) is 0. The molecule has 0 saturated carbocycles. The molecule has 0 atom stereocenters. The third-order valence-electron chi connectivity index (χ3n) is 22.1. The Hall–Kier alpha value is -3.33. The van der Waals surface area contributed by atoms with Gasteiger partial charge in [-0.05, 0) is 0 Å². The van der Waals surface area contributed by atoms with Gasteiger partial charge in [0.25, 0.3) is 0 Å². The van der Waals surface area contributed by atoms with Crippen LogP contribution in [-0.4, -0.2) is 259 Å². The predicted octanol–water partition coefficient (Wildman–Crippen LogP) is -3.58. The van der Waals surface area contributed by atoms with Gasteiger partial charge in [0.1, 0.15) is 0 Å². The quantitative estimate of drug-likeness (QED) is 0.0117. The SMILES string of the molecule is COC(=O)CCOCCOCC[N+](CCCCS(=O)(=O)[O-])(CCCCS(=O)(=O)[O-])CCC[Si](C)(C)O[Si-2]123(O[Si](C)(C)CCC[N+](CCCCS(=O)(=O)[O-])(CCCCS(=O)(=O)[O-])CCCCS(=O)(=O)[O-])n4c5c6ccccc6c4N=C4c6ccccc6C(=[N+]41)N=c1c4ccccc4c(n12)=NC1=[N+]3C(=N5)c2ccccc21.[Na+].[Na+].[Na+]. The van der Waals surface area contributed by atoms with Gasteiger partial charge in [-0.2, -0.15) is 0 Å². The second kappa shape index (κ2) is 35.5. The maximum Gasteiger partial charge on any atom is 1.00 e. The van der Waals surface area contributed by atoms with Crippen molar-refractivity contribution in [3.63, 3.8) is 0 Å². The second-order valence-electron chi connectivity index (χ2n) is 30.8. The summed E-state index contributed by atoms with van der Waals surface area (Å²) >= 11 is 0. The molecule has 6 aromatic rings. The summed E-state index contributed by atoms with van der Waals surface area (Å²) in [5.74, 6) is -0.738. The molecule has 0 N–H and O–H groups in total. The summed E-state index contributed by atoms with van der Waals surface area (Å²) in [5, 5.41) is 2.91. The number of quaternary nitrogens is 2. The van der Waals surface area contributed by atoms with Crippen LogP contribution >= 0.6 is 0 Å². The van der Waals surface area contributed by atoms with Gasteiger partial charge in [0.15, 0.2) is 0 Å². The summed E-state index contributed by atoms with van der Waals surface area (Å²) in [6.07, 6.45) is 2.13. The summed E-state index contributed by atoms with van der Waals surface area (Å²) < 4.78 is 227. The summed E-state index contributed by atoms with van der Waals surface area (Å²) in [6, 6.07) is 32.4. The summed E-state index contributed by atoms with van der Waals surface area (Å²) in [6.45, 7) is 11.7. The van der Waals surface area contributed by atoms with E-state index in [2.05, 4.69) is 43.1 Å². The number of methoxy groups -OCH3 is 1. The Morgan fingerprint density at radius 1 is 0.411 bits per heavy atom. The molecule has 0 bridgehead atoms. The molecule has 8 heterocycles. The van der Waals surface area contributed by atoms with Crippen LogP contribution < -0.4 is 99.6 Å². The van der Waals surface area contributed by atoms with Crippen molar-refractivity contribution in [3.05, 3.63) is 130 Å². The normalized spacial score (nSPS) is 16.9. The number of nitrogens with zero attached hydrogens (tertiary/aromatic N) is 10. The smallest absolute Gasteiger partial charge is 1.00 e. The van der Waals surface area contributed by atoms with E-state index in [1.165, 1.54) is 7.11 Å². The zero-order valence-corrected chi connectivity index (χ0v) is 78.0. The number of rotatable bonds is 46. The van der Waals surface area contributed by atoms with E-state index >= 15 is 0 Å². The molecule has 0 saturated heterocycles. The van der Waals surface area contributed by atoms with E-state index in [4.69, 9.17) is 34.2 Å². The molecule has 1 spiro atoms. The van der Waals surface area contributed by atoms with Crippen LogP contribution in [0.2, 0.25) is 38.3 Å². The molecule has 4 aromatic carbocycles. The molecule has 0 amide bonds. The Balaban J connectivity index is 0.00000480. The number of aliphatic imine (C=N–C) groups is 2. The Morgan fingerprint density at radius 2 is 0.723 bits per heavy atom. The van der Waals surface area contributed by atoms with Crippen molar-refractivity contribution in [2.24, 2.45) is 20.0 Å². The molecule has 42 heteroatoms. The van der Waals surface area contributed by atoms with Gasteiger partial charge in [0.2, 0.25) is 0 Å². The summed E-state index contributed by atoms with van der Waals surface area (Å²) in [4.78, 5) is 35.3. The minimum Gasteiger partial charge on any atom is 1.00 e. The van der Waals surface area contributed by atoms with Crippen LogP contribution in [0.4, 0.5) is 11.6 Å². The number of aromatic nitrogens is 2. The van der Waals surface area contributed by atoms with Gasteiger partial charge < -0.3 is 4.74 Å². The van der Waals surface area contributed by atoms with Gasteiger partial charge in [-0.1, -0.05) is 0 Å². The molecule has 596 valence electrons. The largest absolute Gasteiger partial charge is 1.00 e. The van der Waals surface area contributed by atoms with E-state index in [9.17, 15) is 77.9 Å². The van der Waals surface area contributed by atoms with Gasteiger partial charge >= 0.3 is 701 Å². The number of carbonyl (C=O) groups is 1. The minimum absolute atomic E-state index is 0. The maximum atomic E-state index is 12.2. The average Bonchev–Trinajstić information content (AvgIpc) is 1.31. The number of hydrogen-bond acceptors (Lipinski definition) is 25. The standard InChI is InChI=1S/C70H98N10O21S5Si3.3Na/c1-97-62(81)34-43-98-45-46-99-44-42-80(38-17-22-50-105(91,92)93,39-18-23-51-106(94,95)96)41-25-53-108(4,5)101-109(100-107(2,3)52-24-40-79(35-14-19-47-102(82,83)84,36-15-20-48-103(85,86)87)37-16-21-49-104(88,89)90)75-63-54-26-6-7-27-55(54)64(75)72-66-58-30-10-11-31-59(58)68(77(66)109)74-70-61-33-13-12-32-60(61)69(78(70)109)73-67-57-29-9-8-28-56(57)65(71-63)76(67)109;;;/h6-13,26-33H,14-25,34-53H2,1-5H3,(H3-2,82,83,84,85,86,87,88,89,90,91,92,93,94,95,96);;;/q;3*+1/p-3. The minimum atomic E-state index is -7.46. The van der Waals surface area contributed by atoms with Crippen LogP contribution in [0.5, 0.6) is 0 Å². The van der Waals surface area contributed by atoms with Crippen LogP contribution in [-0.2, 0) is 77.8 Å². The molecule has 0 aliphatic carbocycles. The van der Waals surface area contributed by atoms with Crippen LogP contribution in [0.3, 0.4) is 0 Å². The molecule has 31 nitrogen and oxygen atoms in total. The molecule has 0 fully saturated rings. The van der Waals surface area contributed by atoms with E-state index in [1.807, 2.05) is 97.1 Å². The fraction of sp³-hybridized carbons (Fsp3) is 0.529. The van der Waals surface area contributed by atoms with Crippen molar-refractivity contribution in [1.82, 2.24) is 8.47 Å². The molecular weight excluding hydrogens is 1630 g/mol. The number of unbranched alkanes of at least 4 members (excludes halogenated alkanes) is 5. The number of amidine groups is 4. The maximum absolute atomic E-state index is 12.2. The van der Waals surface area contributed by atoms with Crippen molar-refractivity contribution in [1.29, 1.82) is 0 Å². The van der Waals surface area contributed by atoms with Crippen molar-refractivity contribution < 1.29 is 198 Å². The molecule has 6 aliphatic rings. The van der Waals surface area contributed by atoms with E-state index in [0.717, 1.165) is 43.8 Å². The second-order valence-corrected chi connectivity index (χ2v) is 52.7. The first-order valence-corrected chi connectivity index (χ1v) is 53.8. The summed E-state index contributed by atoms with van der Waals surface area (Å²) in [7, 11) is -36.8. The van der Waals surface area contributed by atoms with Crippen molar-refractivity contribution in [2.75, 3.05) is 115 Å². The fourth-order valence-corrected chi connectivity index (χ4v) is 42.8. The third-order valence-corrected chi connectivity index (χ3v) is 42.7. The third kappa shape index (κ3) is 18.8. The topological polar surface area (TPSA) is 415 Å². The van der Waals surface area contributed by atoms with Crippen molar-refractivity contribution >= 4 is 137 Å². The van der Waals surface area contributed by atoms with Gasteiger partial charge in [0.05, 0.1) is 20.1 Å². The molecule has 0 radical (unpaired) electrons. The number of benzene rings is 4. The van der Waals surface area contributed by atoms with Gasteiger partial charge in [-0.3, -0.25) is 4.79 Å². The monoisotopic (exact) mass is 1720 g/mol. The fourth-order valence-electron chi connectivity index (χ4n) is 17.8. The molecule has 2 aromatic heterocycles. The Labute approximate surface area is 723 Å². The van der Waals surface area contributed by atoms with Crippen molar-refractivity contribution in [3.8, 4) is 0 Å². The first-order valence-electron chi connectivity index (χ1n) is 37.1. The molecule has 6 aliphatic heterocycles. The zero-order chi connectivity index (χ0) is 78.3. The molecule has 0 unspecified atom stereocenters. The zero-order valence-electron chi connectivity index (χ0n) is 65.0. The number of carbonyl (C=O) groups excluding carboxylic acids is 1. The van der Waals surface area contributed by atoms with Crippen LogP contribution in [0.25, 0.3) is 21.5 Å². The number of fused-ring (bicyclic) bond motifs is 12. The molecule has 12 rings (SSSR count). The Morgan fingerprint density at radius 3 is 1.07 bits per heavy atom. The van der Waals surface area contributed by atoms with Crippen LogP contribution in [0.1, 0.15) is 106 Å². The van der Waals surface area contributed by atoms with E-state index < -0.39 is 110 Å². The molecular formula is C70H95N10Na3O21S5Si3. The van der Waals surface area contributed by atoms with E-state index in [1.54, 1.807) is 0 Å². The predicted molar refractivity (Wildman–Crippen MR) is 409 cm³/mol. The Kier molecular flexibility index (Phi) is 29.4. The van der Waals surface area contributed by atoms with Gasteiger partial charge in [-0.25, -0.2) is 0 Å². The number of esters is 1. The van der Waals surface area contributed by atoms with Crippen molar-refractivity contribution in [2.45, 2.75) is 122 Å². The first-order chi connectivity index (χ1) is 51.3. The first kappa shape index (κ1) is 92.6. The summed E-state index contributed by atoms with van der Waals surface area (Å²) in [5.41, 5.74) is 3.86.